The molecule has 10 heteroatoms. The van der Waals surface area contributed by atoms with Crippen molar-refractivity contribution in [1.29, 1.82) is 0 Å². The van der Waals surface area contributed by atoms with Crippen LogP contribution >= 0.6 is 17.0 Å². The Labute approximate surface area is 272 Å². The first kappa shape index (κ1) is 32.8. The summed E-state index contributed by atoms with van der Waals surface area (Å²) in [5, 5.41) is 2.57. The molecule has 0 radical (unpaired) electrons. The fraction of sp³-hybridized carbons (Fsp3) is 0.257. The summed E-state index contributed by atoms with van der Waals surface area (Å²) >= 11 is -4.41. The maximum atomic E-state index is 14.0. The van der Waals surface area contributed by atoms with Crippen LogP contribution in [0, 0.1) is 5.92 Å². The van der Waals surface area contributed by atoms with Gasteiger partial charge in [-0.1, -0.05) is 0 Å². The van der Waals surface area contributed by atoms with E-state index in [0.717, 1.165) is 32.1 Å². The van der Waals surface area contributed by atoms with Crippen molar-refractivity contribution in [2.24, 2.45) is 5.92 Å². The molecular weight excluding hydrogens is 725 g/mol. The summed E-state index contributed by atoms with van der Waals surface area (Å²) in [6, 6.07) is 20.1. The number of halogens is 8. The minimum absolute atomic E-state index is 0.00287. The van der Waals surface area contributed by atoms with E-state index in [0.29, 0.717) is 29.5 Å². The molecular formula is C35H30Cl2F6SiZr. The van der Waals surface area contributed by atoms with Crippen molar-refractivity contribution in [2.75, 3.05) is 0 Å². The number of hydrogen-bond donors (Lipinski definition) is 0. The number of alkyl halides is 6. The summed E-state index contributed by atoms with van der Waals surface area (Å²) in [6.07, 6.45) is -6.81. The Balaban J connectivity index is 1.58. The Morgan fingerprint density at radius 1 is 0.822 bits per heavy atom. The van der Waals surface area contributed by atoms with Gasteiger partial charge in [-0.25, -0.2) is 0 Å². The molecule has 1 heterocycles. The average molecular weight is 755 g/mol. The minimum atomic E-state index is -4.95. The maximum absolute atomic E-state index is 14.0. The van der Waals surface area contributed by atoms with Gasteiger partial charge in [-0.15, -0.1) is 0 Å². The number of fused-ring (bicyclic) bond motifs is 4. The topological polar surface area (TPSA) is 0 Å². The molecule has 0 amide bonds. The van der Waals surface area contributed by atoms with Crippen LogP contribution < -0.4 is 13.6 Å². The third-order valence-corrected chi connectivity index (χ3v) is 23.2. The zero-order valence-corrected chi connectivity index (χ0v) is 30.2. The van der Waals surface area contributed by atoms with Gasteiger partial charge in [0.2, 0.25) is 0 Å². The standard InChI is InChI=1S/C23H21F6.C12H9Si.2ClH.Zr/c1-4-5-14-6-7-15-8-16(13(2)3)11-20(15)21(14)17-9-18(22(24,25)26)12-19(10-17)23(27,28)29;1-3-7-11-9(5-1)10-6-2-4-8-12(10)13-11;;;/h6-13H,4-5H2,1-3H3;1-7H,13H2;2*1H;/q;;;;+2/p-2. The molecule has 1 aliphatic carbocycles. The molecule has 0 aromatic heterocycles. The summed E-state index contributed by atoms with van der Waals surface area (Å²) in [5.74, 6) is -0.00287. The summed E-state index contributed by atoms with van der Waals surface area (Å²) in [4.78, 5) is 0. The second-order valence-electron chi connectivity index (χ2n) is 12.2. The normalized spacial score (nSPS) is 16.6. The van der Waals surface area contributed by atoms with Crippen LogP contribution in [0.4, 0.5) is 26.3 Å². The van der Waals surface area contributed by atoms with E-state index in [1.165, 1.54) is 15.9 Å². The second kappa shape index (κ2) is 11.8. The molecule has 1 atom stereocenters. The van der Waals surface area contributed by atoms with Crippen molar-refractivity contribution >= 4 is 46.3 Å². The van der Waals surface area contributed by atoms with Gasteiger partial charge in [0.1, 0.15) is 0 Å². The first-order valence-electron chi connectivity index (χ1n) is 14.9. The van der Waals surface area contributed by atoms with E-state index in [9.17, 15) is 26.3 Å². The molecule has 0 bridgehead atoms. The Kier molecular flexibility index (Phi) is 8.63. The van der Waals surface area contributed by atoms with Crippen LogP contribution in [0.25, 0.3) is 28.3 Å². The van der Waals surface area contributed by atoms with E-state index in [1.54, 1.807) is 0 Å². The van der Waals surface area contributed by atoms with Gasteiger partial charge in [-0.05, 0) is 0 Å². The van der Waals surface area contributed by atoms with E-state index in [4.69, 9.17) is 17.0 Å². The van der Waals surface area contributed by atoms with Crippen LogP contribution in [-0.2, 0) is 36.7 Å². The molecule has 4 aromatic rings. The zero-order valence-electron chi connectivity index (χ0n) is 24.8. The monoisotopic (exact) mass is 752 g/mol. The Morgan fingerprint density at radius 2 is 1.47 bits per heavy atom. The fourth-order valence-corrected chi connectivity index (χ4v) is 24.0. The van der Waals surface area contributed by atoms with Gasteiger partial charge in [-0.2, -0.15) is 0 Å². The molecule has 6 rings (SSSR count). The molecule has 2 aliphatic rings. The van der Waals surface area contributed by atoms with Crippen LogP contribution in [0.1, 0.15) is 58.6 Å². The molecule has 4 aromatic carbocycles. The Bertz CT molecular complexity index is 1810. The van der Waals surface area contributed by atoms with Crippen LogP contribution in [0.15, 0.2) is 78.4 Å². The second-order valence-corrected chi connectivity index (χ2v) is 28.0. The van der Waals surface area contributed by atoms with Gasteiger partial charge >= 0.3 is 274 Å². The molecule has 0 saturated heterocycles. The van der Waals surface area contributed by atoms with Gasteiger partial charge in [0.05, 0.1) is 0 Å². The third kappa shape index (κ3) is 5.83. The van der Waals surface area contributed by atoms with Crippen molar-refractivity contribution in [1.82, 2.24) is 0 Å². The van der Waals surface area contributed by atoms with Crippen LogP contribution in [0.3, 0.4) is 0 Å². The first-order valence-corrected chi connectivity index (χ1v) is 25.3. The van der Waals surface area contributed by atoms with E-state index in [1.807, 2.05) is 63.2 Å². The van der Waals surface area contributed by atoms with Crippen LogP contribution in [-0.4, -0.2) is 9.52 Å². The summed E-state index contributed by atoms with van der Waals surface area (Å²) in [6.45, 7) is 5.98. The molecule has 234 valence electrons. The summed E-state index contributed by atoms with van der Waals surface area (Å²) in [7, 11) is 14.5. The van der Waals surface area contributed by atoms with Gasteiger partial charge in [0.25, 0.3) is 0 Å². The van der Waals surface area contributed by atoms with Gasteiger partial charge < -0.3 is 0 Å². The average Bonchev–Trinajstić information content (AvgIpc) is 3.55. The molecule has 0 saturated carbocycles. The van der Waals surface area contributed by atoms with E-state index in [-0.39, 0.29) is 21.2 Å². The predicted molar refractivity (Wildman–Crippen MR) is 172 cm³/mol. The van der Waals surface area contributed by atoms with Crippen molar-refractivity contribution < 1.29 is 44.2 Å². The van der Waals surface area contributed by atoms with Gasteiger partial charge in [-0.3, -0.25) is 0 Å². The van der Waals surface area contributed by atoms with Crippen molar-refractivity contribution in [2.45, 2.75) is 49.6 Å². The molecule has 0 fully saturated rings. The first-order chi connectivity index (χ1) is 21.1. The third-order valence-electron chi connectivity index (χ3n) is 8.96. The summed E-state index contributed by atoms with van der Waals surface area (Å²) in [5.41, 5.74) is 3.06. The van der Waals surface area contributed by atoms with Crippen LogP contribution in [0.5, 0.6) is 0 Å². The number of rotatable bonds is 6. The van der Waals surface area contributed by atoms with E-state index < -0.39 is 50.9 Å². The van der Waals surface area contributed by atoms with Crippen molar-refractivity contribution in [3.63, 3.8) is 0 Å². The zero-order chi connectivity index (χ0) is 32.5. The molecule has 1 unspecified atom stereocenters. The van der Waals surface area contributed by atoms with Gasteiger partial charge in [0, 0.05) is 0 Å². The van der Waals surface area contributed by atoms with Crippen molar-refractivity contribution in [3.8, 4) is 22.3 Å². The Hall–Kier alpha value is -2.12. The number of benzene rings is 4. The van der Waals surface area contributed by atoms with Crippen molar-refractivity contribution in [3.05, 3.63) is 106 Å². The molecule has 45 heavy (non-hydrogen) atoms. The summed E-state index contributed by atoms with van der Waals surface area (Å²) < 4.78 is 84.4. The number of aryl methyl sites for hydroxylation is 1. The predicted octanol–water partition coefficient (Wildman–Crippen LogP) is 9.32. The van der Waals surface area contributed by atoms with Crippen LogP contribution in [0.2, 0.25) is 0 Å². The fourth-order valence-electron chi connectivity index (χ4n) is 6.97. The molecule has 1 aliphatic heterocycles. The molecule has 0 nitrogen and oxygen atoms in total. The number of allylic oxidation sites excluding steroid dienone is 1. The number of hydrogen-bond acceptors (Lipinski definition) is 0. The Morgan fingerprint density at radius 3 is 2.09 bits per heavy atom. The van der Waals surface area contributed by atoms with E-state index in [2.05, 4.69) is 18.2 Å². The SMILES string of the molecule is CCCc1ccc2c(c1-c1cc(C(F)(F)F)cc(C(F)(F)F)c1)C=C(C(C)C)[CH]2[Zr]([Cl])([Cl])[c]1cccc2c1[SiH2]c1ccccc1-2. The van der Waals surface area contributed by atoms with Gasteiger partial charge in [0.15, 0.2) is 0 Å². The van der Waals surface area contributed by atoms with E-state index >= 15 is 0 Å². The molecule has 0 N–H and O–H groups in total. The molecule has 0 spiro atoms. The quantitative estimate of drug-likeness (QED) is 0.120.